The van der Waals surface area contributed by atoms with Crippen molar-refractivity contribution in [3.05, 3.63) is 21.9 Å². The third-order valence-corrected chi connectivity index (χ3v) is 2.58. The van der Waals surface area contributed by atoms with Crippen LogP contribution in [0.5, 0.6) is 0 Å². The Morgan fingerprint density at radius 1 is 1.40 bits per heavy atom. The summed E-state index contributed by atoms with van der Waals surface area (Å²) < 4.78 is 0. The van der Waals surface area contributed by atoms with Crippen molar-refractivity contribution in [2.45, 2.75) is 6.10 Å². The zero-order chi connectivity index (χ0) is 11.1. The fourth-order valence-corrected chi connectivity index (χ4v) is 1.56. The highest BCUT2D eigenvalue weighted by Gasteiger charge is 1.96. The number of rotatable bonds is 1. The first kappa shape index (κ1) is 11.7. The molecule has 1 aromatic rings. The van der Waals surface area contributed by atoms with Gasteiger partial charge >= 0.3 is 0 Å². The summed E-state index contributed by atoms with van der Waals surface area (Å²) in [6, 6.07) is 3.67. The molecule has 0 aliphatic carbocycles. The molecule has 1 nitrogen and oxygen atoms in total. The minimum atomic E-state index is -0.783. The van der Waals surface area contributed by atoms with Crippen molar-refractivity contribution in [3.63, 3.8) is 0 Å². The van der Waals surface area contributed by atoms with Gasteiger partial charge in [-0.25, -0.2) is 0 Å². The molecule has 0 aromatic carbocycles. The lowest BCUT2D eigenvalue weighted by Gasteiger charge is -1.91. The Hall–Kier alpha value is -1.37. The molecule has 0 aliphatic rings. The van der Waals surface area contributed by atoms with E-state index in [9.17, 15) is 0 Å². The first-order chi connectivity index (χ1) is 7.26. The molecule has 0 amide bonds. The number of halogens is 1. The summed E-state index contributed by atoms with van der Waals surface area (Å²) in [6.45, 7) is 0. The van der Waals surface area contributed by atoms with E-state index in [2.05, 4.69) is 29.6 Å². The Labute approximate surface area is 98.1 Å². The summed E-state index contributed by atoms with van der Waals surface area (Å²) in [5.41, 5.74) is 0. The van der Waals surface area contributed by atoms with Gasteiger partial charge in [-0.1, -0.05) is 11.8 Å². The summed E-state index contributed by atoms with van der Waals surface area (Å²) in [6.07, 6.45) is 4.22. The van der Waals surface area contributed by atoms with E-state index in [-0.39, 0.29) is 5.88 Å². The van der Waals surface area contributed by atoms with Crippen molar-refractivity contribution >= 4 is 22.9 Å². The lowest BCUT2D eigenvalue weighted by atomic mass is 10.3. The third kappa shape index (κ3) is 4.11. The maximum Gasteiger partial charge on any atom is 0.128 e. The Bertz CT molecular complexity index is 487. The lowest BCUT2D eigenvalue weighted by Crippen LogP contribution is -2.03. The van der Waals surface area contributed by atoms with E-state index in [4.69, 9.17) is 23.1 Å². The van der Waals surface area contributed by atoms with Crippen LogP contribution < -0.4 is 0 Å². The first-order valence-corrected chi connectivity index (χ1v) is 5.43. The lowest BCUT2D eigenvalue weighted by molar-refractivity contribution is 0.256. The first-order valence-electron chi connectivity index (χ1n) is 4.08. The Balaban J connectivity index is 2.76. The molecule has 1 N–H and O–H groups in total. The zero-order valence-electron chi connectivity index (χ0n) is 7.75. The highest BCUT2D eigenvalue weighted by molar-refractivity contribution is 7.13. The van der Waals surface area contributed by atoms with Crippen LogP contribution in [0, 0.1) is 36.0 Å². The molecule has 1 aromatic heterocycles. The van der Waals surface area contributed by atoms with Crippen molar-refractivity contribution < 1.29 is 5.11 Å². The van der Waals surface area contributed by atoms with Gasteiger partial charge in [-0.2, -0.15) is 0 Å². The van der Waals surface area contributed by atoms with Crippen molar-refractivity contribution in [1.29, 1.82) is 0 Å². The average molecular weight is 235 g/mol. The van der Waals surface area contributed by atoms with E-state index in [1.807, 2.05) is 12.1 Å². The fourth-order valence-electron chi connectivity index (χ4n) is 0.763. The largest absolute Gasteiger partial charge is 0.379 e. The maximum absolute atomic E-state index is 9.11. The van der Waals surface area contributed by atoms with Crippen molar-refractivity contribution in [2.75, 3.05) is 5.88 Å². The van der Waals surface area contributed by atoms with Gasteiger partial charge in [-0.15, -0.1) is 29.4 Å². The molecule has 0 fully saturated rings. The van der Waals surface area contributed by atoms with Crippen molar-refractivity contribution in [2.24, 2.45) is 0 Å². The third-order valence-electron chi connectivity index (χ3n) is 1.37. The summed E-state index contributed by atoms with van der Waals surface area (Å²) in [4.78, 5) is 1.69. The fraction of sp³-hybridized carbons (Fsp3) is 0.167. The quantitative estimate of drug-likeness (QED) is 0.579. The van der Waals surface area contributed by atoms with Gasteiger partial charge < -0.3 is 5.11 Å². The molecule has 74 valence electrons. The summed E-state index contributed by atoms with van der Waals surface area (Å²) >= 11 is 6.83. The van der Waals surface area contributed by atoms with E-state index >= 15 is 0 Å². The van der Waals surface area contributed by atoms with Gasteiger partial charge in [-0.3, -0.25) is 0 Å². The zero-order valence-corrected chi connectivity index (χ0v) is 9.32. The Morgan fingerprint density at radius 2 is 2.07 bits per heavy atom. The summed E-state index contributed by atoms with van der Waals surface area (Å²) in [5, 5.41) is 9.11. The molecule has 0 spiro atoms. The van der Waals surface area contributed by atoms with Crippen LogP contribution in [-0.4, -0.2) is 17.1 Å². The standard InChI is InChI=1S/C12H7ClOS/c1-2-3-4-11-7-8-12(15-11)6-5-10(14)9-13/h1,7-8,10,14H,9H2/t10-/m0/s1. The number of thiophene rings is 1. The molecule has 1 atom stereocenters. The Kier molecular flexibility index (Phi) is 4.82. The molecule has 3 heteroatoms. The molecule has 1 heterocycles. The van der Waals surface area contributed by atoms with Crippen LogP contribution in [0.1, 0.15) is 9.75 Å². The number of hydrogen-bond acceptors (Lipinski definition) is 2. The molecule has 0 unspecified atom stereocenters. The number of aliphatic hydroxyl groups excluding tert-OH is 1. The Morgan fingerprint density at radius 3 is 2.67 bits per heavy atom. The second kappa shape index (κ2) is 6.18. The second-order valence-electron chi connectivity index (χ2n) is 2.50. The number of terminal acetylenes is 1. The topological polar surface area (TPSA) is 20.2 Å². The molecular formula is C12H7ClOS. The summed E-state index contributed by atoms with van der Waals surface area (Å²) in [7, 11) is 0. The van der Waals surface area contributed by atoms with Gasteiger partial charge in [-0.05, 0) is 29.9 Å². The molecular weight excluding hydrogens is 228 g/mol. The maximum atomic E-state index is 9.11. The second-order valence-corrected chi connectivity index (χ2v) is 3.89. The SMILES string of the molecule is C#CC#Cc1ccc(C#C[C@H](O)CCl)s1. The minimum absolute atomic E-state index is 0.113. The monoisotopic (exact) mass is 234 g/mol. The van der Waals surface area contributed by atoms with E-state index in [1.165, 1.54) is 11.3 Å². The van der Waals surface area contributed by atoms with Crippen LogP contribution >= 0.6 is 22.9 Å². The van der Waals surface area contributed by atoms with Gasteiger partial charge in [0.15, 0.2) is 0 Å². The molecule has 0 radical (unpaired) electrons. The highest BCUT2D eigenvalue weighted by atomic mass is 35.5. The van der Waals surface area contributed by atoms with Crippen LogP contribution in [0.4, 0.5) is 0 Å². The molecule has 0 saturated heterocycles. The molecule has 0 bridgehead atoms. The summed E-state index contributed by atoms with van der Waals surface area (Å²) in [5.74, 6) is 13.1. The predicted molar refractivity (Wildman–Crippen MR) is 63.6 cm³/mol. The smallest absolute Gasteiger partial charge is 0.128 e. The van der Waals surface area contributed by atoms with Gasteiger partial charge in [0.25, 0.3) is 0 Å². The van der Waals surface area contributed by atoms with Crippen molar-refractivity contribution in [3.8, 4) is 36.0 Å². The van der Waals surface area contributed by atoms with Crippen LogP contribution in [-0.2, 0) is 0 Å². The van der Waals surface area contributed by atoms with E-state index < -0.39 is 6.10 Å². The van der Waals surface area contributed by atoms with Crippen LogP contribution in [0.25, 0.3) is 0 Å². The number of hydrogen-bond donors (Lipinski definition) is 1. The van der Waals surface area contributed by atoms with Crippen LogP contribution in [0.2, 0.25) is 0 Å². The van der Waals surface area contributed by atoms with Crippen molar-refractivity contribution in [1.82, 2.24) is 0 Å². The minimum Gasteiger partial charge on any atom is -0.379 e. The van der Waals surface area contributed by atoms with Gasteiger partial charge in [0.1, 0.15) is 6.10 Å². The molecule has 0 saturated carbocycles. The van der Waals surface area contributed by atoms with Crippen LogP contribution in [0.15, 0.2) is 12.1 Å². The average Bonchev–Trinajstić information content (AvgIpc) is 2.71. The number of alkyl halides is 1. The predicted octanol–water partition coefficient (Wildman–Crippen LogP) is 1.68. The number of aliphatic hydroxyl groups is 1. The van der Waals surface area contributed by atoms with E-state index in [1.54, 1.807) is 0 Å². The molecule has 1 rings (SSSR count). The highest BCUT2D eigenvalue weighted by Crippen LogP contribution is 2.13. The van der Waals surface area contributed by atoms with Crippen LogP contribution in [0.3, 0.4) is 0 Å². The van der Waals surface area contributed by atoms with E-state index in [0.29, 0.717) is 0 Å². The van der Waals surface area contributed by atoms with Gasteiger partial charge in [0.05, 0.1) is 15.6 Å². The van der Waals surface area contributed by atoms with Gasteiger partial charge in [0.2, 0.25) is 0 Å². The van der Waals surface area contributed by atoms with Gasteiger partial charge in [0, 0.05) is 0 Å². The normalized spacial score (nSPS) is 10.2. The molecule has 0 aliphatic heterocycles. The van der Waals surface area contributed by atoms with E-state index in [0.717, 1.165) is 9.75 Å². The molecule has 15 heavy (non-hydrogen) atoms.